The zero-order chi connectivity index (χ0) is 11.0. The SMILES string of the molecule is O=C(c1cccs1)c1c(Br)sc(Br)c1Br. The largest absolute Gasteiger partial charge is 0.288 e. The maximum absolute atomic E-state index is 12.1. The second-order valence-corrected chi connectivity index (χ2v) is 8.04. The highest BCUT2D eigenvalue weighted by Crippen LogP contribution is 2.41. The van der Waals surface area contributed by atoms with Gasteiger partial charge >= 0.3 is 0 Å². The first-order valence-electron chi connectivity index (χ1n) is 3.82. The highest BCUT2D eigenvalue weighted by Gasteiger charge is 2.21. The maximum Gasteiger partial charge on any atom is 0.206 e. The van der Waals surface area contributed by atoms with Crippen LogP contribution in [0.4, 0.5) is 0 Å². The van der Waals surface area contributed by atoms with E-state index in [9.17, 15) is 4.79 Å². The van der Waals surface area contributed by atoms with Crippen molar-refractivity contribution >= 4 is 76.2 Å². The summed E-state index contributed by atoms with van der Waals surface area (Å²) in [5, 5.41) is 1.90. The van der Waals surface area contributed by atoms with Crippen LogP contribution < -0.4 is 0 Å². The Balaban J connectivity index is 2.51. The highest BCUT2D eigenvalue weighted by molar-refractivity contribution is 9.14. The molecule has 0 aliphatic carbocycles. The van der Waals surface area contributed by atoms with Gasteiger partial charge in [-0.3, -0.25) is 4.79 Å². The molecule has 15 heavy (non-hydrogen) atoms. The molecule has 0 aromatic carbocycles. The van der Waals surface area contributed by atoms with Crippen molar-refractivity contribution in [2.45, 2.75) is 0 Å². The Kier molecular flexibility index (Phi) is 3.83. The van der Waals surface area contributed by atoms with E-state index >= 15 is 0 Å². The first-order valence-corrected chi connectivity index (χ1v) is 7.90. The number of halogens is 3. The molecule has 0 aliphatic heterocycles. The Hall–Kier alpha value is 0.510. The monoisotopic (exact) mass is 428 g/mol. The lowest BCUT2D eigenvalue weighted by Crippen LogP contribution is -1.98. The molecule has 0 radical (unpaired) electrons. The Morgan fingerprint density at radius 1 is 1.20 bits per heavy atom. The summed E-state index contributed by atoms with van der Waals surface area (Å²) < 4.78 is 2.59. The first-order chi connectivity index (χ1) is 7.11. The maximum atomic E-state index is 12.1. The summed E-state index contributed by atoms with van der Waals surface area (Å²) in [6, 6.07) is 3.71. The topological polar surface area (TPSA) is 17.1 Å². The molecule has 0 bridgehead atoms. The van der Waals surface area contributed by atoms with Gasteiger partial charge in [0.05, 0.1) is 22.5 Å². The molecule has 0 aliphatic rings. The molecule has 1 nitrogen and oxygen atoms in total. The predicted molar refractivity (Wildman–Crippen MR) is 75.2 cm³/mol. The summed E-state index contributed by atoms with van der Waals surface area (Å²) >= 11 is 13.1. The van der Waals surface area contributed by atoms with Crippen molar-refractivity contribution in [2.24, 2.45) is 0 Å². The van der Waals surface area contributed by atoms with Gasteiger partial charge in [-0.2, -0.15) is 0 Å². The molecule has 0 atom stereocenters. The smallest absolute Gasteiger partial charge is 0.206 e. The lowest BCUT2D eigenvalue weighted by Gasteiger charge is -1.96. The third-order valence-electron chi connectivity index (χ3n) is 1.74. The fraction of sp³-hybridized carbons (Fsp3) is 0. The van der Waals surface area contributed by atoms with E-state index in [-0.39, 0.29) is 5.78 Å². The Morgan fingerprint density at radius 2 is 1.93 bits per heavy atom. The van der Waals surface area contributed by atoms with E-state index < -0.39 is 0 Å². The summed E-state index contributed by atoms with van der Waals surface area (Å²) in [6.07, 6.45) is 0. The molecule has 0 unspecified atom stereocenters. The molecule has 0 saturated carbocycles. The minimum absolute atomic E-state index is 0.0469. The van der Waals surface area contributed by atoms with Crippen LogP contribution in [0.3, 0.4) is 0 Å². The van der Waals surface area contributed by atoms with E-state index in [1.54, 1.807) is 0 Å². The Morgan fingerprint density at radius 3 is 2.40 bits per heavy atom. The van der Waals surface area contributed by atoms with Gasteiger partial charge in [0.15, 0.2) is 0 Å². The minimum atomic E-state index is 0.0469. The number of hydrogen-bond donors (Lipinski definition) is 0. The van der Waals surface area contributed by atoms with Gasteiger partial charge in [0.25, 0.3) is 0 Å². The Labute approximate surface area is 120 Å². The van der Waals surface area contributed by atoms with E-state index in [1.165, 1.54) is 22.7 Å². The lowest BCUT2D eigenvalue weighted by molar-refractivity contribution is 0.104. The van der Waals surface area contributed by atoms with E-state index in [0.717, 1.165) is 16.9 Å². The second kappa shape index (κ2) is 4.79. The Bertz CT molecular complexity index is 502. The molecule has 0 N–H and O–H groups in total. The molecule has 0 spiro atoms. The number of hydrogen-bond acceptors (Lipinski definition) is 3. The predicted octanol–water partition coefficient (Wildman–Crippen LogP) is 5.33. The fourth-order valence-corrected chi connectivity index (χ4v) is 5.61. The van der Waals surface area contributed by atoms with Crippen molar-refractivity contribution in [3.63, 3.8) is 0 Å². The van der Waals surface area contributed by atoms with Crippen LogP contribution in [-0.4, -0.2) is 5.78 Å². The van der Waals surface area contributed by atoms with Gasteiger partial charge in [0.1, 0.15) is 0 Å². The number of thiophene rings is 2. The molecule has 0 saturated heterocycles. The average molecular weight is 431 g/mol. The number of rotatable bonds is 2. The number of carbonyl (C=O) groups excluding carboxylic acids is 1. The number of carbonyl (C=O) groups is 1. The van der Waals surface area contributed by atoms with Crippen molar-refractivity contribution in [1.29, 1.82) is 0 Å². The molecule has 0 fully saturated rings. The third kappa shape index (κ3) is 2.29. The van der Waals surface area contributed by atoms with Crippen molar-refractivity contribution in [1.82, 2.24) is 0 Å². The lowest BCUT2D eigenvalue weighted by atomic mass is 10.2. The van der Waals surface area contributed by atoms with Gasteiger partial charge in [-0.25, -0.2) is 0 Å². The summed E-state index contributed by atoms with van der Waals surface area (Å²) in [7, 11) is 0. The van der Waals surface area contributed by atoms with Gasteiger partial charge in [-0.1, -0.05) is 6.07 Å². The molecule has 6 heteroatoms. The molecule has 78 valence electrons. The van der Waals surface area contributed by atoms with Gasteiger partial charge in [-0.15, -0.1) is 22.7 Å². The number of ketones is 1. The van der Waals surface area contributed by atoms with Gasteiger partial charge < -0.3 is 0 Å². The van der Waals surface area contributed by atoms with Crippen LogP contribution >= 0.6 is 70.5 Å². The molecule has 2 aromatic heterocycles. The first kappa shape index (κ1) is 12.0. The van der Waals surface area contributed by atoms with E-state index in [0.29, 0.717) is 5.56 Å². The normalized spacial score (nSPS) is 10.6. The van der Waals surface area contributed by atoms with Gasteiger partial charge in [0, 0.05) is 0 Å². The van der Waals surface area contributed by atoms with Gasteiger partial charge in [-0.05, 0) is 59.2 Å². The molecule has 2 heterocycles. The standard InChI is InChI=1S/C9H3Br3OS2/c10-6-5(8(11)15-9(6)12)7(13)4-2-1-3-14-4/h1-3H. The van der Waals surface area contributed by atoms with Crippen LogP contribution in [0.1, 0.15) is 15.2 Å². The van der Waals surface area contributed by atoms with Crippen LogP contribution in [0, 0.1) is 0 Å². The van der Waals surface area contributed by atoms with Crippen molar-refractivity contribution in [3.8, 4) is 0 Å². The average Bonchev–Trinajstić information content (AvgIpc) is 2.76. The van der Waals surface area contributed by atoms with Crippen LogP contribution in [0.5, 0.6) is 0 Å². The van der Waals surface area contributed by atoms with Crippen LogP contribution in [0.2, 0.25) is 0 Å². The van der Waals surface area contributed by atoms with Gasteiger partial charge in [0.2, 0.25) is 5.78 Å². The molecular weight excluding hydrogens is 428 g/mol. The van der Waals surface area contributed by atoms with E-state index in [2.05, 4.69) is 47.8 Å². The molecular formula is C9H3Br3OS2. The molecule has 2 rings (SSSR count). The zero-order valence-corrected chi connectivity index (χ0v) is 13.5. The summed E-state index contributed by atoms with van der Waals surface area (Å²) in [5.41, 5.74) is 0.689. The summed E-state index contributed by atoms with van der Waals surface area (Å²) in [5.74, 6) is 0.0469. The molecule has 2 aromatic rings. The molecule has 0 amide bonds. The zero-order valence-electron chi connectivity index (χ0n) is 7.09. The van der Waals surface area contributed by atoms with Crippen molar-refractivity contribution < 1.29 is 4.79 Å². The van der Waals surface area contributed by atoms with Crippen LogP contribution in [-0.2, 0) is 0 Å². The second-order valence-electron chi connectivity index (χ2n) is 2.64. The van der Waals surface area contributed by atoms with Crippen LogP contribution in [0.25, 0.3) is 0 Å². The van der Waals surface area contributed by atoms with E-state index in [1.807, 2.05) is 17.5 Å². The van der Waals surface area contributed by atoms with Crippen molar-refractivity contribution in [2.75, 3.05) is 0 Å². The van der Waals surface area contributed by atoms with Crippen molar-refractivity contribution in [3.05, 3.63) is 40.0 Å². The minimum Gasteiger partial charge on any atom is -0.288 e. The summed E-state index contributed by atoms with van der Waals surface area (Å²) in [6.45, 7) is 0. The summed E-state index contributed by atoms with van der Waals surface area (Å²) in [4.78, 5) is 12.9. The fourth-order valence-electron chi connectivity index (χ4n) is 1.08. The third-order valence-corrected chi connectivity index (χ3v) is 6.73. The van der Waals surface area contributed by atoms with E-state index in [4.69, 9.17) is 0 Å². The van der Waals surface area contributed by atoms with Crippen LogP contribution in [0.15, 0.2) is 29.6 Å². The highest BCUT2D eigenvalue weighted by atomic mass is 79.9. The quantitative estimate of drug-likeness (QED) is 0.588.